The zero-order valence-electron chi connectivity index (χ0n) is 7.47. The molecule has 0 bridgehead atoms. The van der Waals surface area contributed by atoms with Crippen molar-refractivity contribution in [1.29, 1.82) is 0 Å². The smallest absolute Gasteiger partial charge is 0.202 e. The number of hydrogen-bond donors (Lipinski definition) is 1. The van der Waals surface area contributed by atoms with Crippen molar-refractivity contribution in [2.24, 2.45) is 10.3 Å². The van der Waals surface area contributed by atoms with Gasteiger partial charge in [0.25, 0.3) is 0 Å². The molecular weight excluding hydrogens is 246 g/mol. The van der Waals surface area contributed by atoms with Crippen LogP contribution in [0.5, 0.6) is 0 Å². The largest absolute Gasteiger partial charge is 0.366 e. The van der Waals surface area contributed by atoms with Crippen LogP contribution in [0.2, 0.25) is 0 Å². The molecule has 14 heavy (non-hydrogen) atoms. The number of nitrogens with zero attached hydrogens (tertiary/aromatic N) is 3. The first kappa shape index (κ1) is 9.61. The van der Waals surface area contributed by atoms with Gasteiger partial charge in [0.1, 0.15) is 6.54 Å². The molecule has 1 atom stereocenters. The first-order chi connectivity index (χ1) is 6.68. The lowest BCUT2D eigenvalue weighted by Gasteiger charge is -2.17. The molecule has 2 rings (SSSR count). The van der Waals surface area contributed by atoms with Gasteiger partial charge in [-0.2, -0.15) is 0 Å². The quantitative estimate of drug-likeness (QED) is 0.821. The number of β-amino-alcohol motifs (C(OH)–C–C–N with tert-alkyl or cyclic N) is 1. The zero-order chi connectivity index (χ0) is 10.0. The first-order valence-corrected chi connectivity index (χ1v) is 5.01. The molecule has 0 spiro atoms. The fraction of sp³-hybridized carbons (Fsp3) is 0.333. The third-order valence-electron chi connectivity index (χ3n) is 2.04. The van der Waals surface area contributed by atoms with Gasteiger partial charge >= 0.3 is 0 Å². The highest BCUT2D eigenvalue weighted by Crippen LogP contribution is 2.24. The van der Waals surface area contributed by atoms with Gasteiger partial charge < -0.3 is 5.11 Å². The van der Waals surface area contributed by atoms with E-state index in [1.807, 2.05) is 30.3 Å². The van der Waals surface area contributed by atoms with Crippen LogP contribution in [0.15, 0.2) is 40.7 Å². The van der Waals surface area contributed by atoms with E-state index in [9.17, 15) is 5.11 Å². The molecule has 4 nitrogen and oxygen atoms in total. The molecule has 0 aliphatic carbocycles. The van der Waals surface area contributed by atoms with Crippen molar-refractivity contribution in [1.82, 2.24) is 4.03 Å². The second-order valence-electron chi connectivity index (χ2n) is 3.33. The molecule has 0 radical (unpaired) electrons. The molecule has 5 heteroatoms. The topological polar surface area (TPSA) is 48.2 Å². The maximum Gasteiger partial charge on any atom is 0.202 e. The van der Waals surface area contributed by atoms with E-state index in [0.29, 0.717) is 13.0 Å². The van der Waals surface area contributed by atoms with Crippen molar-refractivity contribution in [3.05, 3.63) is 35.9 Å². The maximum atomic E-state index is 9.98. The Labute approximate surface area is 90.6 Å². The van der Waals surface area contributed by atoms with E-state index in [2.05, 4.69) is 26.5 Å². The predicted octanol–water partition coefficient (Wildman–Crippen LogP) is 1.91. The number of hydrogen-bond acceptors (Lipinski definition) is 4. The Morgan fingerprint density at radius 3 is 2.71 bits per heavy atom. The molecule has 1 aliphatic heterocycles. The maximum absolute atomic E-state index is 9.98. The van der Waals surface area contributed by atoms with Crippen molar-refractivity contribution in [3.63, 3.8) is 0 Å². The third kappa shape index (κ3) is 2.10. The number of halogens is 1. The second-order valence-corrected chi connectivity index (χ2v) is 4.15. The van der Waals surface area contributed by atoms with E-state index >= 15 is 0 Å². The standard InChI is InChI=1S/C9H10BrN3O/c10-13-7-9(14,11-12-13)6-8-4-2-1-3-5-8/h1-5,14H,6-7H2. The molecule has 1 aliphatic rings. The van der Waals surface area contributed by atoms with Crippen LogP contribution in [0.1, 0.15) is 5.56 Å². The van der Waals surface area contributed by atoms with Gasteiger partial charge in [-0.1, -0.05) is 35.6 Å². The highest BCUT2D eigenvalue weighted by molar-refractivity contribution is 9.07. The minimum atomic E-state index is -1.09. The van der Waals surface area contributed by atoms with Gasteiger partial charge in [0.2, 0.25) is 5.72 Å². The summed E-state index contributed by atoms with van der Waals surface area (Å²) in [6, 6.07) is 9.75. The van der Waals surface area contributed by atoms with E-state index in [1.54, 1.807) is 0 Å². The summed E-state index contributed by atoms with van der Waals surface area (Å²) in [5.41, 5.74) is -0.0399. The summed E-state index contributed by atoms with van der Waals surface area (Å²) in [5, 5.41) is 17.5. The molecule has 0 amide bonds. The van der Waals surface area contributed by atoms with Crippen LogP contribution in [0.4, 0.5) is 0 Å². The Morgan fingerprint density at radius 1 is 1.43 bits per heavy atom. The Balaban J connectivity index is 2.09. The first-order valence-electron chi connectivity index (χ1n) is 4.30. The summed E-state index contributed by atoms with van der Waals surface area (Å²) in [7, 11) is 0. The molecule has 0 saturated heterocycles. The Morgan fingerprint density at radius 2 is 2.14 bits per heavy atom. The van der Waals surface area contributed by atoms with Gasteiger partial charge in [-0.25, -0.2) is 4.03 Å². The molecular formula is C9H10BrN3O. The molecule has 1 N–H and O–H groups in total. The van der Waals surface area contributed by atoms with Crippen molar-refractivity contribution in [3.8, 4) is 0 Å². The van der Waals surface area contributed by atoms with Gasteiger partial charge in [0.15, 0.2) is 0 Å². The molecule has 1 aromatic carbocycles. The average molecular weight is 256 g/mol. The number of benzene rings is 1. The lowest BCUT2D eigenvalue weighted by molar-refractivity contribution is 0.0567. The Kier molecular flexibility index (Phi) is 2.52. The third-order valence-corrected chi connectivity index (χ3v) is 2.43. The predicted molar refractivity (Wildman–Crippen MR) is 55.6 cm³/mol. The molecule has 1 heterocycles. The Bertz CT molecular complexity index is 343. The summed E-state index contributed by atoms with van der Waals surface area (Å²) < 4.78 is 1.45. The minimum absolute atomic E-state index is 0.377. The number of aliphatic hydroxyl groups is 1. The Hall–Kier alpha value is -0.940. The minimum Gasteiger partial charge on any atom is -0.366 e. The summed E-state index contributed by atoms with van der Waals surface area (Å²) in [6.45, 7) is 0.377. The molecule has 74 valence electrons. The zero-order valence-corrected chi connectivity index (χ0v) is 9.05. The normalized spacial score (nSPS) is 25.7. The van der Waals surface area contributed by atoms with Crippen LogP contribution in [0.25, 0.3) is 0 Å². The lowest BCUT2D eigenvalue weighted by atomic mass is 10.0. The van der Waals surface area contributed by atoms with Crippen molar-refractivity contribution >= 4 is 16.1 Å². The van der Waals surface area contributed by atoms with Gasteiger partial charge in [0.05, 0.1) is 16.1 Å². The summed E-state index contributed by atoms with van der Waals surface area (Å²) in [5.74, 6) is 0. The van der Waals surface area contributed by atoms with E-state index in [-0.39, 0.29) is 0 Å². The van der Waals surface area contributed by atoms with Gasteiger partial charge in [-0.05, 0) is 5.56 Å². The molecule has 0 fully saturated rings. The molecule has 0 saturated carbocycles. The van der Waals surface area contributed by atoms with Crippen molar-refractivity contribution < 1.29 is 5.11 Å². The van der Waals surface area contributed by atoms with Crippen LogP contribution >= 0.6 is 16.1 Å². The van der Waals surface area contributed by atoms with E-state index in [4.69, 9.17) is 0 Å². The highest BCUT2D eigenvalue weighted by Gasteiger charge is 2.34. The van der Waals surface area contributed by atoms with Crippen molar-refractivity contribution in [2.45, 2.75) is 12.1 Å². The van der Waals surface area contributed by atoms with Crippen LogP contribution in [-0.2, 0) is 6.42 Å². The van der Waals surface area contributed by atoms with Crippen LogP contribution in [0, 0.1) is 0 Å². The van der Waals surface area contributed by atoms with E-state index in [1.165, 1.54) is 4.03 Å². The van der Waals surface area contributed by atoms with Crippen molar-refractivity contribution in [2.75, 3.05) is 6.54 Å². The van der Waals surface area contributed by atoms with Gasteiger partial charge in [-0.15, -0.1) is 5.11 Å². The fourth-order valence-electron chi connectivity index (χ4n) is 1.42. The summed E-state index contributed by atoms with van der Waals surface area (Å²) in [6.07, 6.45) is 0.486. The lowest BCUT2D eigenvalue weighted by Crippen LogP contribution is -2.33. The SMILES string of the molecule is OC1(Cc2ccccc2)CN(Br)N=N1. The van der Waals surface area contributed by atoms with Gasteiger partial charge in [-0.3, -0.25) is 0 Å². The molecule has 1 unspecified atom stereocenters. The van der Waals surface area contributed by atoms with E-state index < -0.39 is 5.72 Å². The second kappa shape index (κ2) is 3.67. The summed E-state index contributed by atoms with van der Waals surface area (Å²) >= 11 is 3.14. The monoisotopic (exact) mass is 255 g/mol. The van der Waals surface area contributed by atoms with Gasteiger partial charge in [0, 0.05) is 6.42 Å². The van der Waals surface area contributed by atoms with Crippen LogP contribution in [-0.4, -0.2) is 21.4 Å². The highest BCUT2D eigenvalue weighted by atomic mass is 79.9. The fourth-order valence-corrected chi connectivity index (χ4v) is 1.89. The number of rotatable bonds is 2. The average Bonchev–Trinajstić information content (AvgIpc) is 2.47. The molecule has 0 aromatic heterocycles. The van der Waals surface area contributed by atoms with E-state index in [0.717, 1.165) is 5.56 Å². The van der Waals surface area contributed by atoms with Crippen LogP contribution < -0.4 is 0 Å². The molecule has 1 aromatic rings. The van der Waals surface area contributed by atoms with Crippen LogP contribution in [0.3, 0.4) is 0 Å². The summed E-state index contributed by atoms with van der Waals surface area (Å²) in [4.78, 5) is 0.